The van der Waals surface area contributed by atoms with Crippen LogP contribution < -0.4 is 20.3 Å². The number of carbonyl (C=O) groups is 2. The highest BCUT2D eigenvalue weighted by atomic mass is 35.5. The van der Waals surface area contributed by atoms with Crippen LogP contribution in [0.1, 0.15) is 15.9 Å². The van der Waals surface area contributed by atoms with Gasteiger partial charge in [-0.15, -0.1) is 0 Å². The fourth-order valence-corrected chi connectivity index (χ4v) is 2.15. The Bertz CT molecular complexity index is 783. The van der Waals surface area contributed by atoms with E-state index in [4.69, 9.17) is 21.1 Å². The first-order chi connectivity index (χ1) is 12.0. The van der Waals surface area contributed by atoms with E-state index in [-0.39, 0.29) is 5.56 Å². The summed E-state index contributed by atoms with van der Waals surface area (Å²) in [6.45, 7) is 0. The van der Waals surface area contributed by atoms with Crippen LogP contribution >= 0.6 is 11.6 Å². The smallest absolute Gasteiger partial charge is 0.269 e. The molecule has 130 valence electrons. The Morgan fingerprint density at radius 1 is 1.00 bits per heavy atom. The number of carbonyl (C=O) groups excluding carboxylic acids is 2. The Morgan fingerprint density at radius 2 is 1.68 bits per heavy atom. The Hall–Kier alpha value is -2.99. The van der Waals surface area contributed by atoms with Crippen LogP contribution in [0.2, 0.25) is 5.02 Å². The van der Waals surface area contributed by atoms with E-state index in [1.807, 2.05) is 0 Å². The van der Waals surface area contributed by atoms with Gasteiger partial charge in [0.25, 0.3) is 11.8 Å². The highest BCUT2D eigenvalue weighted by Gasteiger charge is 2.10. The van der Waals surface area contributed by atoms with Crippen LogP contribution in [0, 0.1) is 0 Å². The number of hydrazine groups is 1. The van der Waals surface area contributed by atoms with Crippen molar-refractivity contribution in [3.63, 3.8) is 0 Å². The molecular weight excluding hydrogens is 344 g/mol. The quantitative estimate of drug-likeness (QED) is 0.635. The summed E-state index contributed by atoms with van der Waals surface area (Å²) in [4.78, 5) is 23.9. The van der Waals surface area contributed by atoms with Gasteiger partial charge in [-0.2, -0.15) is 0 Å². The first-order valence-corrected chi connectivity index (χ1v) is 7.66. The van der Waals surface area contributed by atoms with Crippen LogP contribution in [0.3, 0.4) is 0 Å². The van der Waals surface area contributed by atoms with Gasteiger partial charge in [0.05, 0.1) is 14.2 Å². The molecule has 0 aliphatic heterocycles. The minimum Gasteiger partial charge on any atom is -0.497 e. The lowest BCUT2D eigenvalue weighted by atomic mass is 10.2. The SMILES string of the molecule is COc1cc(OC)cc(C(=O)NNC(=O)/C=C/c2cccc(Cl)c2)c1. The Labute approximate surface area is 150 Å². The third-order valence-corrected chi connectivity index (χ3v) is 3.42. The summed E-state index contributed by atoms with van der Waals surface area (Å²) in [5, 5.41) is 0.572. The topological polar surface area (TPSA) is 76.7 Å². The molecule has 6 nitrogen and oxygen atoms in total. The highest BCUT2D eigenvalue weighted by Crippen LogP contribution is 2.22. The standard InChI is InChI=1S/C18H17ClN2O4/c1-24-15-9-13(10-16(11-15)25-2)18(23)21-20-17(22)7-6-12-4-3-5-14(19)8-12/h3-11H,1-2H3,(H,20,22)(H,21,23)/b7-6+. The third-order valence-electron chi connectivity index (χ3n) is 3.19. The number of hydrogen-bond acceptors (Lipinski definition) is 4. The molecule has 2 amide bonds. The monoisotopic (exact) mass is 360 g/mol. The average molecular weight is 361 g/mol. The van der Waals surface area contributed by atoms with E-state index in [1.165, 1.54) is 32.4 Å². The van der Waals surface area contributed by atoms with Crippen LogP contribution in [0.25, 0.3) is 6.08 Å². The lowest BCUT2D eigenvalue weighted by Crippen LogP contribution is -2.40. The van der Waals surface area contributed by atoms with Crippen molar-refractivity contribution in [2.75, 3.05) is 14.2 Å². The summed E-state index contributed by atoms with van der Waals surface area (Å²) in [7, 11) is 2.97. The zero-order chi connectivity index (χ0) is 18.2. The zero-order valence-electron chi connectivity index (χ0n) is 13.7. The molecular formula is C18H17ClN2O4. The van der Waals surface area contributed by atoms with Crippen LogP contribution in [-0.4, -0.2) is 26.0 Å². The van der Waals surface area contributed by atoms with Gasteiger partial charge in [-0.1, -0.05) is 23.7 Å². The molecule has 0 aromatic heterocycles. The molecule has 0 saturated carbocycles. The van der Waals surface area contributed by atoms with Gasteiger partial charge in [-0.05, 0) is 35.9 Å². The molecule has 2 N–H and O–H groups in total. The van der Waals surface area contributed by atoms with Crippen molar-refractivity contribution in [3.05, 3.63) is 64.7 Å². The van der Waals surface area contributed by atoms with E-state index in [9.17, 15) is 9.59 Å². The number of benzene rings is 2. The molecule has 0 unspecified atom stereocenters. The fraction of sp³-hybridized carbons (Fsp3) is 0.111. The third kappa shape index (κ3) is 5.54. The van der Waals surface area contributed by atoms with Crippen molar-refractivity contribution < 1.29 is 19.1 Å². The maximum Gasteiger partial charge on any atom is 0.269 e. The highest BCUT2D eigenvalue weighted by molar-refractivity contribution is 6.30. The summed E-state index contributed by atoms with van der Waals surface area (Å²) < 4.78 is 10.2. The number of hydrogen-bond donors (Lipinski definition) is 2. The van der Waals surface area contributed by atoms with E-state index in [2.05, 4.69) is 10.9 Å². The van der Waals surface area contributed by atoms with E-state index >= 15 is 0 Å². The first kappa shape index (κ1) is 18.4. The molecule has 0 aliphatic rings. The molecule has 0 aliphatic carbocycles. The molecule has 0 radical (unpaired) electrons. The summed E-state index contributed by atoms with van der Waals surface area (Å²) in [5.74, 6) is -0.0433. The van der Waals surface area contributed by atoms with E-state index < -0.39 is 11.8 Å². The Kier molecular flexibility index (Phi) is 6.42. The van der Waals surface area contributed by atoms with Crippen molar-refractivity contribution >= 4 is 29.5 Å². The average Bonchev–Trinajstić information content (AvgIpc) is 2.63. The lowest BCUT2D eigenvalue weighted by molar-refractivity contribution is -0.117. The predicted molar refractivity (Wildman–Crippen MR) is 95.6 cm³/mol. The molecule has 0 bridgehead atoms. The lowest BCUT2D eigenvalue weighted by Gasteiger charge is -2.09. The minimum absolute atomic E-state index is 0.287. The second kappa shape index (κ2) is 8.75. The van der Waals surface area contributed by atoms with Gasteiger partial charge >= 0.3 is 0 Å². The van der Waals surface area contributed by atoms with Crippen LogP contribution in [-0.2, 0) is 4.79 Å². The van der Waals surface area contributed by atoms with Crippen LogP contribution in [0.15, 0.2) is 48.5 Å². The summed E-state index contributed by atoms with van der Waals surface area (Å²) in [6.07, 6.45) is 2.88. The van der Waals surface area contributed by atoms with Gasteiger partial charge in [-0.25, -0.2) is 0 Å². The first-order valence-electron chi connectivity index (χ1n) is 7.29. The molecule has 0 fully saturated rings. The maximum atomic E-state index is 12.1. The van der Waals surface area contributed by atoms with Crippen molar-refractivity contribution in [2.24, 2.45) is 0 Å². The van der Waals surface area contributed by atoms with E-state index in [0.717, 1.165) is 5.56 Å². The van der Waals surface area contributed by atoms with E-state index in [0.29, 0.717) is 16.5 Å². The van der Waals surface area contributed by atoms with E-state index in [1.54, 1.807) is 36.4 Å². The summed E-state index contributed by atoms with van der Waals surface area (Å²) in [6, 6.07) is 11.7. The van der Waals surface area contributed by atoms with Gasteiger partial charge < -0.3 is 9.47 Å². The maximum absolute atomic E-state index is 12.1. The number of methoxy groups -OCH3 is 2. The van der Waals surface area contributed by atoms with Crippen molar-refractivity contribution in [1.29, 1.82) is 0 Å². The van der Waals surface area contributed by atoms with Crippen molar-refractivity contribution in [2.45, 2.75) is 0 Å². The zero-order valence-corrected chi connectivity index (χ0v) is 14.5. The van der Waals surface area contributed by atoms with Gasteiger partial charge in [-0.3, -0.25) is 20.4 Å². The second-order valence-corrected chi connectivity index (χ2v) is 5.37. The molecule has 0 heterocycles. The van der Waals surface area contributed by atoms with Crippen LogP contribution in [0.5, 0.6) is 11.5 Å². The molecule has 0 spiro atoms. The number of amides is 2. The molecule has 7 heteroatoms. The molecule has 0 atom stereocenters. The van der Waals surface area contributed by atoms with Gasteiger partial charge in [0.15, 0.2) is 0 Å². The Morgan fingerprint density at radius 3 is 2.28 bits per heavy atom. The molecule has 2 aromatic carbocycles. The van der Waals surface area contributed by atoms with Crippen molar-refractivity contribution in [1.82, 2.24) is 10.9 Å². The molecule has 2 aromatic rings. The molecule has 2 rings (SSSR count). The number of rotatable bonds is 5. The van der Waals surface area contributed by atoms with Crippen molar-refractivity contribution in [3.8, 4) is 11.5 Å². The van der Waals surface area contributed by atoms with Gasteiger partial charge in [0.1, 0.15) is 11.5 Å². The normalized spacial score (nSPS) is 10.4. The second-order valence-electron chi connectivity index (χ2n) is 4.93. The number of halogens is 1. The fourth-order valence-electron chi connectivity index (χ4n) is 1.95. The van der Waals surface area contributed by atoms with Gasteiger partial charge in [0.2, 0.25) is 0 Å². The summed E-state index contributed by atoms with van der Waals surface area (Å²) >= 11 is 5.87. The predicted octanol–water partition coefficient (Wildman–Crippen LogP) is 2.83. The molecule has 0 saturated heterocycles. The minimum atomic E-state index is -0.498. The summed E-state index contributed by atoms with van der Waals surface area (Å²) in [5.41, 5.74) is 5.68. The van der Waals surface area contributed by atoms with Crippen LogP contribution in [0.4, 0.5) is 0 Å². The molecule has 25 heavy (non-hydrogen) atoms. The number of ether oxygens (including phenoxy) is 2. The largest absolute Gasteiger partial charge is 0.497 e. The number of nitrogens with one attached hydrogen (secondary N) is 2. The van der Waals surface area contributed by atoms with Gasteiger partial charge in [0, 0.05) is 22.7 Å². The Balaban J connectivity index is 1.96.